The Labute approximate surface area is 144 Å². The maximum Gasteiger partial charge on any atom is 0.264 e. The molecular weight excluding hydrogens is 322 g/mol. The van der Waals surface area contributed by atoms with Crippen molar-refractivity contribution in [3.63, 3.8) is 0 Å². The van der Waals surface area contributed by atoms with E-state index < -0.39 is 0 Å². The zero-order valence-corrected chi connectivity index (χ0v) is 14.4. The number of ether oxygens (including phenoxy) is 1. The van der Waals surface area contributed by atoms with Gasteiger partial charge in [0.05, 0.1) is 11.4 Å². The van der Waals surface area contributed by atoms with Crippen molar-refractivity contribution in [1.82, 2.24) is 4.90 Å². The van der Waals surface area contributed by atoms with E-state index in [2.05, 4.69) is 0 Å². The van der Waals surface area contributed by atoms with E-state index in [4.69, 9.17) is 9.15 Å². The van der Waals surface area contributed by atoms with Crippen LogP contribution in [0.4, 0.5) is 0 Å². The Hall–Kier alpha value is -2.53. The smallest absolute Gasteiger partial charge is 0.264 e. The summed E-state index contributed by atoms with van der Waals surface area (Å²) in [6, 6.07) is 13.7. The molecule has 24 heavy (non-hydrogen) atoms. The van der Waals surface area contributed by atoms with Gasteiger partial charge < -0.3 is 14.1 Å². The van der Waals surface area contributed by atoms with Gasteiger partial charge in [0.1, 0.15) is 23.9 Å². The van der Waals surface area contributed by atoms with Gasteiger partial charge in [0, 0.05) is 23.1 Å². The van der Waals surface area contributed by atoms with Crippen molar-refractivity contribution < 1.29 is 13.9 Å². The van der Waals surface area contributed by atoms with E-state index in [1.165, 1.54) is 11.3 Å². The fraction of sp³-hybridized carbons (Fsp3) is 0.211. The Kier molecular flexibility index (Phi) is 3.65. The van der Waals surface area contributed by atoms with E-state index in [-0.39, 0.29) is 5.91 Å². The molecule has 5 heteroatoms. The van der Waals surface area contributed by atoms with Gasteiger partial charge >= 0.3 is 0 Å². The third-order valence-electron chi connectivity index (χ3n) is 4.07. The number of furan rings is 1. The summed E-state index contributed by atoms with van der Waals surface area (Å²) >= 11 is 1.53. The Morgan fingerprint density at radius 2 is 2.08 bits per heavy atom. The van der Waals surface area contributed by atoms with Crippen LogP contribution in [0.1, 0.15) is 26.8 Å². The zero-order valence-electron chi connectivity index (χ0n) is 13.5. The number of fused-ring (bicyclic) bond motifs is 3. The highest BCUT2D eigenvalue weighted by Gasteiger charge is 2.24. The van der Waals surface area contributed by atoms with E-state index in [0.29, 0.717) is 13.2 Å². The highest BCUT2D eigenvalue weighted by atomic mass is 32.1. The molecule has 3 heterocycles. The molecule has 2 aromatic heterocycles. The van der Waals surface area contributed by atoms with Crippen LogP contribution in [0.5, 0.6) is 5.75 Å². The predicted octanol–water partition coefficient (Wildman–Crippen LogP) is 4.48. The number of hydrogen-bond donors (Lipinski definition) is 0. The van der Waals surface area contributed by atoms with Crippen LogP contribution in [0.15, 0.2) is 46.9 Å². The van der Waals surface area contributed by atoms with Crippen LogP contribution < -0.4 is 4.74 Å². The highest BCUT2D eigenvalue weighted by Crippen LogP contribution is 2.42. The average Bonchev–Trinajstić information content (AvgIpc) is 3.20. The highest BCUT2D eigenvalue weighted by molar-refractivity contribution is 7.17. The van der Waals surface area contributed by atoms with Crippen molar-refractivity contribution in [3.05, 3.63) is 64.4 Å². The molecule has 0 bridgehead atoms. The third kappa shape index (κ3) is 2.61. The average molecular weight is 339 g/mol. The van der Waals surface area contributed by atoms with E-state index in [1.54, 1.807) is 11.9 Å². The summed E-state index contributed by atoms with van der Waals surface area (Å²) < 4.78 is 11.3. The second kappa shape index (κ2) is 5.83. The number of amides is 1. The lowest BCUT2D eigenvalue weighted by Crippen LogP contribution is -2.25. The van der Waals surface area contributed by atoms with Crippen LogP contribution in [-0.4, -0.2) is 17.9 Å². The van der Waals surface area contributed by atoms with Gasteiger partial charge in [-0.25, -0.2) is 0 Å². The number of benzene rings is 1. The molecule has 1 aliphatic heterocycles. The topological polar surface area (TPSA) is 42.7 Å². The first-order chi connectivity index (χ1) is 11.6. The van der Waals surface area contributed by atoms with Crippen LogP contribution in [0.25, 0.3) is 10.4 Å². The zero-order chi connectivity index (χ0) is 16.7. The van der Waals surface area contributed by atoms with Gasteiger partial charge in [0.25, 0.3) is 5.91 Å². The van der Waals surface area contributed by atoms with Crippen LogP contribution in [0.3, 0.4) is 0 Å². The lowest BCUT2D eigenvalue weighted by Gasteiger charge is -2.16. The van der Waals surface area contributed by atoms with Gasteiger partial charge in [-0.2, -0.15) is 0 Å². The Morgan fingerprint density at radius 3 is 2.88 bits per heavy atom. The molecule has 3 aromatic rings. The fourth-order valence-electron chi connectivity index (χ4n) is 2.87. The quantitative estimate of drug-likeness (QED) is 0.706. The molecule has 0 spiro atoms. The lowest BCUT2D eigenvalue weighted by atomic mass is 10.1. The molecule has 0 unspecified atom stereocenters. The molecule has 1 amide bonds. The SMILES string of the molecule is Cc1ccc(CN(C)C(=O)c2cc3c(s2)-c2ccccc2OC3)o1. The monoisotopic (exact) mass is 339 g/mol. The maximum absolute atomic E-state index is 12.7. The van der Waals surface area contributed by atoms with Gasteiger partial charge in [-0.1, -0.05) is 12.1 Å². The molecular formula is C19H17NO3S. The largest absolute Gasteiger partial charge is 0.488 e. The second-order valence-corrected chi connectivity index (χ2v) is 6.98. The van der Waals surface area contributed by atoms with Crippen molar-refractivity contribution in [3.8, 4) is 16.2 Å². The van der Waals surface area contributed by atoms with Crippen molar-refractivity contribution in [2.75, 3.05) is 7.05 Å². The molecule has 0 saturated heterocycles. The molecule has 0 aliphatic carbocycles. The third-order valence-corrected chi connectivity index (χ3v) is 5.27. The molecule has 4 rings (SSSR count). The number of para-hydroxylation sites is 1. The number of carbonyl (C=O) groups excluding carboxylic acids is 1. The Bertz CT molecular complexity index is 909. The number of rotatable bonds is 3. The number of hydrogen-bond acceptors (Lipinski definition) is 4. The minimum atomic E-state index is 0.000865. The number of carbonyl (C=O) groups is 1. The Morgan fingerprint density at radius 1 is 1.25 bits per heavy atom. The van der Waals surface area contributed by atoms with Crippen molar-refractivity contribution in [2.24, 2.45) is 0 Å². The first-order valence-electron chi connectivity index (χ1n) is 7.77. The van der Waals surface area contributed by atoms with Crippen molar-refractivity contribution >= 4 is 17.2 Å². The summed E-state index contributed by atoms with van der Waals surface area (Å²) in [7, 11) is 1.79. The standard InChI is InChI=1S/C19H17NO3S/c1-12-7-8-14(23-12)10-20(2)19(21)17-9-13-11-22-16-6-4-3-5-15(16)18(13)24-17/h3-9H,10-11H2,1-2H3. The van der Waals surface area contributed by atoms with Crippen LogP contribution in [0.2, 0.25) is 0 Å². The van der Waals surface area contributed by atoms with Gasteiger partial charge in [-0.15, -0.1) is 11.3 Å². The number of aryl methyl sites for hydroxylation is 1. The minimum absolute atomic E-state index is 0.000865. The molecule has 122 valence electrons. The summed E-state index contributed by atoms with van der Waals surface area (Å²) in [6.45, 7) is 2.87. The van der Waals surface area contributed by atoms with E-state index in [1.807, 2.05) is 49.4 Å². The van der Waals surface area contributed by atoms with E-state index >= 15 is 0 Å². The van der Waals surface area contributed by atoms with Crippen LogP contribution in [-0.2, 0) is 13.2 Å². The molecule has 1 aromatic carbocycles. The fourth-order valence-corrected chi connectivity index (χ4v) is 4.06. The van der Waals surface area contributed by atoms with Crippen LogP contribution in [0, 0.1) is 6.92 Å². The molecule has 0 atom stereocenters. The predicted molar refractivity (Wildman–Crippen MR) is 93.3 cm³/mol. The van der Waals surface area contributed by atoms with Gasteiger partial charge in [0.2, 0.25) is 0 Å². The molecule has 0 N–H and O–H groups in total. The first-order valence-corrected chi connectivity index (χ1v) is 8.59. The summed E-state index contributed by atoms with van der Waals surface area (Å²) in [5.41, 5.74) is 2.14. The van der Waals surface area contributed by atoms with Gasteiger partial charge in [-0.3, -0.25) is 4.79 Å². The first kappa shape index (κ1) is 15.0. The minimum Gasteiger partial charge on any atom is -0.488 e. The second-order valence-electron chi connectivity index (χ2n) is 5.92. The number of thiophene rings is 1. The summed E-state index contributed by atoms with van der Waals surface area (Å²) in [4.78, 5) is 16.3. The molecule has 1 aliphatic rings. The van der Waals surface area contributed by atoms with E-state index in [0.717, 1.165) is 38.2 Å². The van der Waals surface area contributed by atoms with Gasteiger partial charge in [0.15, 0.2) is 0 Å². The molecule has 0 radical (unpaired) electrons. The van der Waals surface area contributed by atoms with E-state index in [9.17, 15) is 4.79 Å². The Balaban J connectivity index is 1.59. The molecule has 0 saturated carbocycles. The molecule has 0 fully saturated rings. The number of nitrogens with zero attached hydrogens (tertiary/aromatic N) is 1. The van der Waals surface area contributed by atoms with Gasteiger partial charge in [-0.05, 0) is 37.3 Å². The molecule has 4 nitrogen and oxygen atoms in total. The maximum atomic E-state index is 12.7. The summed E-state index contributed by atoms with van der Waals surface area (Å²) in [5.74, 6) is 2.52. The normalized spacial score (nSPS) is 12.2. The lowest BCUT2D eigenvalue weighted by molar-refractivity contribution is 0.0779. The van der Waals surface area contributed by atoms with Crippen LogP contribution >= 0.6 is 11.3 Å². The summed E-state index contributed by atoms with van der Waals surface area (Å²) in [6.07, 6.45) is 0. The van der Waals surface area contributed by atoms with Crippen molar-refractivity contribution in [2.45, 2.75) is 20.1 Å². The van der Waals surface area contributed by atoms with Crippen molar-refractivity contribution in [1.29, 1.82) is 0 Å². The summed E-state index contributed by atoms with van der Waals surface area (Å²) in [5, 5.41) is 0.